The molecular weight excluding hydrogens is 224 g/mol. The molecule has 0 amide bonds. The first-order valence-electron chi connectivity index (χ1n) is 5.97. The molecular formula is C13H17F2NO. The molecule has 1 aromatic rings. The van der Waals surface area contributed by atoms with Crippen molar-refractivity contribution in [3.63, 3.8) is 0 Å². The Labute approximate surface area is 100.0 Å². The maximum atomic E-state index is 13.7. The second-order valence-electron chi connectivity index (χ2n) is 4.31. The van der Waals surface area contributed by atoms with E-state index in [2.05, 4.69) is 5.32 Å². The molecule has 1 aliphatic rings. The van der Waals surface area contributed by atoms with Crippen molar-refractivity contribution in [3.8, 4) is 0 Å². The van der Waals surface area contributed by atoms with Crippen LogP contribution in [0.1, 0.15) is 30.9 Å². The van der Waals surface area contributed by atoms with Gasteiger partial charge >= 0.3 is 0 Å². The summed E-state index contributed by atoms with van der Waals surface area (Å²) in [6, 6.07) is 3.98. The van der Waals surface area contributed by atoms with Crippen molar-refractivity contribution in [3.05, 3.63) is 35.4 Å². The van der Waals surface area contributed by atoms with Crippen LogP contribution in [0.2, 0.25) is 0 Å². The van der Waals surface area contributed by atoms with Crippen LogP contribution in [0.15, 0.2) is 18.2 Å². The van der Waals surface area contributed by atoms with E-state index in [1.807, 2.05) is 0 Å². The van der Waals surface area contributed by atoms with Crippen LogP contribution in [-0.2, 0) is 4.74 Å². The zero-order chi connectivity index (χ0) is 12.3. The molecule has 0 spiro atoms. The second kappa shape index (κ2) is 5.56. The quantitative estimate of drug-likeness (QED) is 0.878. The molecule has 1 N–H and O–H groups in total. The van der Waals surface area contributed by atoms with Crippen LogP contribution in [-0.4, -0.2) is 19.8 Å². The van der Waals surface area contributed by atoms with E-state index in [4.69, 9.17) is 4.74 Å². The third-order valence-corrected chi connectivity index (χ3v) is 3.21. The van der Waals surface area contributed by atoms with E-state index in [1.54, 1.807) is 13.1 Å². The van der Waals surface area contributed by atoms with Gasteiger partial charge in [0.15, 0.2) is 11.6 Å². The zero-order valence-electron chi connectivity index (χ0n) is 9.88. The molecule has 2 unspecified atom stereocenters. The average Bonchev–Trinajstić information content (AvgIpc) is 2.37. The Bertz CT molecular complexity index is 378. The zero-order valence-corrected chi connectivity index (χ0v) is 9.88. The van der Waals surface area contributed by atoms with E-state index in [0.29, 0.717) is 12.2 Å². The summed E-state index contributed by atoms with van der Waals surface area (Å²) < 4.78 is 32.6. The molecule has 1 saturated heterocycles. The molecule has 2 rings (SSSR count). The number of hydrogen-bond acceptors (Lipinski definition) is 2. The lowest BCUT2D eigenvalue weighted by Gasteiger charge is -2.30. The molecule has 2 nitrogen and oxygen atoms in total. The first kappa shape index (κ1) is 12.5. The normalized spacial score (nSPS) is 22.4. The highest BCUT2D eigenvalue weighted by atomic mass is 19.2. The summed E-state index contributed by atoms with van der Waals surface area (Å²) in [5.74, 6) is -1.58. The van der Waals surface area contributed by atoms with Crippen LogP contribution >= 0.6 is 0 Å². The Balaban J connectivity index is 2.24. The van der Waals surface area contributed by atoms with E-state index in [0.717, 1.165) is 25.3 Å². The van der Waals surface area contributed by atoms with Crippen molar-refractivity contribution in [2.24, 2.45) is 0 Å². The number of nitrogens with one attached hydrogen (secondary N) is 1. The minimum absolute atomic E-state index is 0.0787. The third kappa shape index (κ3) is 2.64. The molecule has 1 fully saturated rings. The molecule has 0 aliphatic carbocycles. The molecule has 4 heteroatoms. The van der Waals surface area contributed by atoms with Crippen LogP contribution in [0.25, 0.3) is 0 Å². The van der Waals surface area contributed by atoms with Crippen LogP contribution in [0.3, 0.4) is 0 Å². The Morgan fingerprint density at radius 1 is 1.35 bits per heavy atom. The molecule has 0 saturated carbocycles. The van der Waals surface area contributed by atoms with Gasteiger partial charge in [-0.15, -0.1) is 0 Å². The largest absolute Gasteiger partial charge is 0.376 e. The Morgan fingerprint density at radius 3 is 2.82 bits per heavy atom. The highest BCUT2D eigenvalue weighted by Gasteiger charge is 2.27. The van der Waals surface area contributed by atoms with Crippen LogP contribution in [0.4, 0.5) is 8.78 Å². The SMILES string of the molecule is CNC(c1cccc(F)c1F)C1CCCCO1. The van der Waals surface area contributed by atoms with Crippen LogP contribution < -0.4 is 5.32 Å². The summed E-state index contributed by atoms with van der Waals surface area (Å²) in [6.45, 7) is 0.694. The van der Waals surface area contributed by atoms with Crippen molar-refractivity contribution in [1.82, 2.24) is 5.32 Å². The van der Waals surface area contributed by atoms with Gasteiger partial charge in [-0.2, -0.15) is 0 Å². The Hall–Kier alpha value is -1.00. The van der Waals surface area contributed by atoms with Gasteiger partial charge < -0.3 is 10.1 Å². The predicted molar refractivity (Wildman–Crippen MR) is 61.7 cm³/mol. The smallest absolute Gasteiger partial charge is 0.163 e. The average molecular weight is 241 g/mol. The van der Waals surface area contributed by atoms with E-state index in [9.17, 15) is 8.78 Å². The fourth-order valence-electron chi connectivity index (χ4n) is 2.33. The fraction of sp³-hybridized carbons (Fsp3) is 0.538. The molecule has 2 atom stereocenters. The lowest BCUT2D eigenvalue weighted by atomic mass is 9.95. The maximum Gasteiger partial charge on any atom is 0.163 e. The molecule has 94 valence electrons. The number of ether oxygens (including phenoxy) is 1. The summed E-state index contributed by atoms with van der Waals surface area (Å²) in [5, 5.41) is 3.02. The second-order valence-corrected chi connectivity index (χ2v) is 4.31. The highest BCUT2D eigenvalue weighted by molar-refractivity contribution is 5.23. The lowest BCUT2D eigenvalue weighted by molar-refractivity contribution is -0.00742. The highest BCUT2D eigenvalue weighted by Crippen LogP contribution is 2.28. The maximum absolute atomic E-state index is 13.7. The van der Waals surface area contributed by atoms with Gasteiger partial charge in [0.1, 0.15) is 0 Å². The lowest BCUT2D eigenvalue weighted by Crippen LogP contribution is -2.34. The van der Waals surface area contributed by atoms with E-state index < -0.39 is 11.6 Å². The van der Waals surface area contributed by atoms with E-state index >= 15 is 0 Å². The molecule has 1 aliphatic heterocycles. The van der Waals surface area contributed by atoms with Gasteiger partial charge in [0.2, 0.25) is 0 Å². The Morgan fingerprint density at radius 2 is 2.18 bits per heavy atom. The molecule has 1 aromatic carbocycles. The monoisotopic (exact) mass is 241 g/mol. The minimum atomic E-state index is -0.807. The van der Waals surface area contributed by atoms with Gasteiger partial charge in [-0.25, -0.2) is 8.78 Å². The van der Waals surface area contributed by atoms with Crippen molar-refractivity contribution in [1.29, 1.82) is 0 Å². The summed E-state index contributed by atoms with van der Waals surface area (Å²) in [5.41, 5.74) is 0.347. The van der Waals surface area contributed by atoms with Gasteiger partial charge in [-0.1, -0.05) is 12.1 Å². The predicted octanol–water partition coefficient (Wildman–Crippen LogP) is 2.79. The Kier molecular flexibility index (Phi) is 4.07. The van der Waals surface area contributed by atoms with Crippen molar-refractivity contribution >= 4 is 0 Å². The van der Waals surface area contributed by atoms with E-state index in [1.165, 1.54) is 6.07 Å². The third-order valence-electron chi connectivity index (χ3n) is 3.21. The van der Waals surface area contributed by atoms with Gasteiger partial charge in [0.05, 0.1) is 12.1 Å². The summed E-state index contributed by atoms with van der Waals surface area (Å²) in [6.07, 6.45) is 2.91. The number of hydrogen-bond donors (Lipinski definition) is 1. The molecule has 17 heavy (non-hydrogen) atoms. The fourth-order valence-corrected chi connectivity index (χ4v) is 2.33. The minimum Gasteiger partial charge on any atom is -0.376 e. The van der Waals surface area contributed by atoms with Crippen LogP contribution in [0, 0.1) is 11.6 Å². The number of halogens is 2. The van der Waals surface area contributed by atoms with Gasteiger partial charge in [0.25, 0.3) is 0 Å². The first-order chi connectivity index (χ1) is 8.24. The number of rotatable bonds is 3. The van der Waals surface area contributed by atoms with Crippen LogP contribution in [0.5, 0.6) is 0 Å². The van der Waals surface area contributed by atoms with E-state index in [-0.39, 0.29) is 12.1 Å². The standard InChI is InChI=1S/C13H17F2NO/c1-16-13(11-7-2-3-8-17-11)9-5-4-6-10(14)12(9)15/h4-6,11,13,16H,2-3,7-8H2,1H3. The summed E-state index contributed by atoms with van der Waals surface area (Å²) in [7, 11) is 1.74. The van der Waals surface area contributed by atoms with Crippen molar-refractivity contribution in [2.45, 2.75) is 31.4 Å². The molecule has 0 radical (unpaired) electrons. The van der Waals surface area contributed by atoms with Gasteiger partial charge in [-0.3, -0.25) is 0 Å². The summed E-state index contributed by atoms with van der Waals surface area (Å²) >= 11 is 0. The van der Waals surface area contributed by atoms with Gasteiger partial charge in [0, 0.05) is 12.2 Å². The molecule has 0 bridgehead atoms. The van der Waals surface area contributed by atoms with Crippen molar-refractivity contribution in [2.75, 3.05) is 13.7 Å². The summed E-state index contributed by atoms with van der Waals surface area (Å²) in [4.78, 5) is 0. The first-order valence-corrected chi connectivity index (χ1v) is 5.97. The van der Waals surface area contributed by atoms with Gasteiger partial charge in [-0.05, 0) is 32.4 Å². The molecule has 0 aromatic heterocycles. The number of likely N-dealkylation sites (N-methyl/N-ethyl adjacent to an activating group) is 1. The van der Waals surface area contributed by atoms with Crippen molar-refractivity contribution < 1.29 is 13.5 Å². The topological polar surface area (TPSA) is 21.3 Å². The molecule has 1 heterocycles. The number of benzene rings is 1.